The van der Waals surface area contributed by atoms with E-state index in [0.717, 1.165) is 16.7 Å². The highest BCUT2D eigenvalue weighted by atomic mass is 28.3. The Balaban J connectivity index is 2.58. The lowest BCUT2D eigenvalue weighted by atomic mass is 9.84. The van der Waals surface area contributed by atoms with Gasteiger partial charge in [-0.2, -0.15) is 0 Å². The third-order valence-corrected chi connectivity index (χ3v) is 6.76. The quantitative estimate of drug-likeness (QED) is 0.474. The van der Waals surface area contributed by atoms with E-state index in [0.29, 0.717) is 6.42 Å². The third kappa shape index (κ3) is 3.65. The maximum atomic E-state index is 12.7. The summed E-state index contributed by atoms with van der Waals surface area (Å²) in [5.74, 6) is -1.03. The second kappa shape index (κ2) is 7.29. The maximum absolute atomic E-state index is 12.7. The molecule has 0 unspecified atom stereocenters. The molecule has 0 fully saturated rings. The van der Waals surface area contributed by atoms with Crippen molar-refractivity contribution in [2.45, 2.75) is 52.9 Å². The summed E-state index contributed by atoms with van der Waals surface area (Å²) in [5, 5.41) is 10.8. The van der Waals surface area contributed by atoms with Gasteiger partial charge < -0.3 is 14.6 Å². The Morgan fingerprint density at radius 1 is 1.08 bits per heavy atom. The van der Waals surface area contributed by atoms with E-state index in [4.69, 9.17) is 9.47 Å². The molecule has 0 saturated heterocycles. The van der Waals surface area contributed by atoms with Crippen LogP contribution in [-0.2, 0) is 38.5 Å². The highest BCUT2D eigenvalue weighted by molar-refractivity contribution is 6.89. The molecule has 25 heavy (non-hydrogen) atoms. The van der Waals surface area contributed by atoms with Gasteiger partial charge in [0.1, 0.15) is 0 Å². The van der Waals surface area contributed by atoms with Crippen LogP contribution in [0, 0.1) is 5.41 Å². The van der Waals surface area contributed by atoms with Crippen LogP contribution >= 0.6 is 0 Å². The summed E-state index contributed by atoms with van der Waals surface area (Å²) in [6, 6.07) is 3.93. The average Bonchev–Trinajstić information content (AvgIpc) is 2.94. The average molecular weight is 365 g/mol. The Kier molecular flexibility index (Phi) is 5.74. The van der Waals surface area contributed by atoms with Crippen molar-refractivity contribution in [3.05, 3.63) is 28.8 Å². The van der Waals surface area contributed by atoms with Crippen molar-refractivity contribution < 1.29 is 24.2 Å². The van der Waals surface area contributed by atoms with Gasteiger partial charge in [-0.05, 0) is 43.4 Å². The van der Waals surface area contributed by atoms with Gasteiger partial charge in [-0.15, -0.1) is 0 Å². The van der Waals surface area contributed by atoms with Gasteiger partial charge in [0, 0.05) is 0 Å². The Morgan fingerprint density at radius 2 is 1.64 bits per heavy atom. The molecule has 0 heterocycles. The first kappa shape index (κ1) is 19.7. The number of benzene rings is 1. The molecule has 6 heteroatoms. The van der Waals surface area contributed by atoms with E-state index < -0.39 is 25.4 Å². The molecule has 0 radical (unpaired) electrons. The summed E-state index contributed by atoms with van der Waals surface area (Å²) in [6.45, 7) is 10.5. The van der Waals surface area contributed by atoms with E-state index in [2.05, 4.69) is 19.6 Å². The minimum absolute atomic E-state index is 0.0590. The van der Waals surface area contributed by atoms with Gasteiger partial charge in [0.25, 0.3) is 0 Å². The molecule has 0 saturated carbocycles. The van der Waals surface area contributed by atoms with Crippen LogP contribution in [0.3, 0.4) is 0 Å². The van der Waals surface area contributed by atoms with E-state index in [-0.39, 0.29) is 26.2 Å². The number of aliphatic hydroxyl groups is 1. The molecule has 0 spiro atoms. The van der Waals surface area contributed by atoms with E-state index in [1.807, 2.05) is 12.1 Å². The van der Waals surface area contributed by atoms with Gasteiger partial charge in [0.05, 0.1) is 27.9 Å². The normalized spacial score (nSPS) is 15.6. The molecule has 5 nitrogen and oxygen atoms in total. The minimum atomic E-state index is -1.72. The van der Waals surface area contributed by atoms with Crippen molar-refractivity contribution in [1.29, 1.82) is 0 Å². The van der Waals surface area contributed by atoms with Gasteiger partial charge in [-0.3, -0.25) is 9.59 Å². The van der Waals surface area contributed by atoms with E-state index in [1.54, 1.807) is 13.8 Å². The SMILES string of the molecule is CCOC(=O)C1(C(=O)OCC)Cc2cc(CO)cc([Si](C)(C)C)c2C1. The van der Waals surface area contributed by atoms with E-state index in [9.17, 15) is 14.7 Å². The second-order valence-corrected chi connectivity index (χ2v) is 12.6. The van der Waals surface area contributed by atoms with Crippen LogP contribution in [0.15, 0.2) is 12.1 Å². The lowest BCUT2D eigenvalue weighted by molar-refractivity contribution is -0.171. The zero-order chi connectivity index (χ0) is 18.8. The number of carbonyl (C=O) groups excluding carboxylic acids is 2. The lowest BCUT2D eigenvalue weighted by Crippen LogP contribution is -2.44. The fourth-order valence-electron chi connectivity index (χ4n) is 3.52. The zero-order valence-electron chi connectivity index (χ0n) is 15.8. The van der Waals surface area contributed by atoms with Crippen molar-refractivity contribution in [2.75, 3.05) is 13.2 Å². The number of hydrogen-bond donors (Lipinski definition) is 1. The molecule has 2 rings (SSSR count). The molecule has 1 N–H and O–H groups in total. The molecule has 0 aromatic heterocycles. The smallest absolute Gasteiger partial charge is 0.324 e. The summed E-state index contributed by atoms with van der Waals surface area (Å²) in [5.41, 5.74) is 1.51. The summed E-state index contributed by atoms with van der Waals surface area (Å²) >= 11 is 0. The number of esters is 2. The van der Waals surface area contributed by atoms with Crippen molar-refractivity contribution in [2.24, 2.45) is 5.41 Å². The van der Waals surface area contributed by atoms with Crippen LogP contribution in [0.2, 0.25) is 19.6 Å². The number of rotatable bonds is 6. The number of hydrogen-bond acceptors (Lipinski definition) is 5. The second-order valence-electron chi connectivity index (χ2n) is 7.57. The summed E-state index contributed by atoms with van der Waals surface area (Å²) in [7, 11) is -1.72. The van der Waals surface area contributed by atoms with E-state index in [1.165, 1.54) is 5.19 Å². The minimum Gasteiger partial charge on any atom is -0.465 e. The summed E-state index contributed by atoms with van der Waals surface area (Å²) in [6.07, 6.45) is 0.580. The highest BCUT2D eigenvalue weighted by Crippen LogP contribution is 2.40. The van der Waals surface area contributed by atoms with Crippen LogP contribution in [-0.4, -0.2) is 38.3 Å². The largest absolute Gasteiger partial charge is 0.465 e. The number of carbonyl (C=O) groups is 2. The van der Waals surface area contributed by atoms with Gasteiger partial charge in [0.15, 0.2) is 5.41 Å². The van der Waals surface area contributed by atoms with Gasteiger partial charge in [-0.1, -0.05) is 37.0 Å². The first-order valence-electron chi connectivity index (χ1n) is 8.80. The summed E-state index contributed by atoms with van der Waals surface area (Å²) < 4.78 is 10.5. The Labute approximate surface area is 150 Å². The van der Waals surface area contributed by atoms with Crippen LogP contribution in [0.25, 0.3) is 0 Å². The fourth-order valence-corrected chi connectivity index (χ4v) is 5.30. The van der Waals surface area contributed by atoms with Crippen molar-refractivity contribution >= 4 is 25.2 Å². The number of ether oxygens (including phenoxy) is 2. The van der Waals surface area contributed by atoms with Gasteiger partial charge >= 0.3 is 11.9 Å². The van der Waals surface area contributed by atoms with E-state index >= 15 is 0 Å². The third-order valence-electron chi connectivity index (χ3n) is 4.70. The molecule has 1 aliphatic carbocycles. The maximum Gasteiger partial charge on any atom is 0.324 e. The molecule has 1 aliphatic rings. The molecule has 0 aliphatic heterocycles. The first-order valence-corrected chi connectivity index (χ1v) is 12.3. The lowest BCUT2D eigenvalue weighted by Gasteiger charge is -2.25. The Bertz CT molecular complexity index is 657. The Hall–Kier alpha value is -1.66. The van der Waals surface area contributed by atoms with Crippen molar-refractivity contribution in [3.63, 3.8) is 0 Å². The van der Waals surface area contributed by atoms with Crippen LogP contribution in [0.4, 0.5) is 0 Å². The molecule has 138 valence electrons. The molecule has 1 aromatic carbocycles. The Morgan fingerprint density at radius 3 is 2.08 bits per heavy atom. The zero-order valence-corrected chi connectivity index (χ0v) is 16.8. The van der Waals surface area contributed by atoms with Crippen molar-refractivity contribution in [3.8, 4) is 0 Å². The van der Waals surface area contributed by atoms with Crippen LogP contribution in [0.1, 0.15) is 30.5 Å². The molecule has 0 amide bonds. The highest BCUT2D eigenvalue weighted by Gasteiger charge is 2.54. The summed E-state index contributed by atoms with van der Waals surface area (Å²) in [4.78, 5) is 25.4. The number of aliphatic hydroxyl groups excluding tert-OH is 1. The first-order chi connectivity index (χ1) is 11.7. The topological polar surface area (TPSA) is 72.8 Å². The van der Waals surface area contributed by atoms with Crippen molar-refractivity contribution in [1.82, 2.24) is 0 Å². The predicted octanol–water partition coefficient (Wildman–Crippen LogP) is 1.94. The molecule has 0 bridgehead atoms. The molecular weight excluding hydrogens is 336 g/mol. The van der Waals surface area contributed by atoms with Crippen LogP contribution < -0.4 is 5.19 Å². The molecule has 0 atom stereocenters. The standard InChI is InChI=1S/C19H28O5Si/c1-6-23-17(21)19(18(22)24-7-2)10-14-8-13(12-20)9-16(15(14)11-19)25(3,4)5/h8-9,20H,6-7,10-12H2,1-5H3. The van der Waals surface area contributed by atoms with Gasteiger partial charge in [0.2, 0.25) is 0 Å². The fraction of sp³-hybridized carbons (Fsp3) is 0.579. The van der Waals surface area contributed by atoms with Gasteiger partial charge in [-0.25, -0.2) is 0 Å². The monoisotopic (exact) mass is 364 g/mol. The predicted molar refractivity (Wildman–Crippen MR) is 98.5 cm³/mol. The number of fused-ring (bicyclic) bond motifs is 1. The van der Waals surface area contributed by atoms with Crippen LogP contribution in [0.5, 0.6) is 0 Å². The molecule has 1 aromatic rings. The molecular formula is C19H28O5Si.